The Hall–Kier alpha value is -2.53. The van der Waals surface area contributed by atoms with Crippen LogP contribution in [0.1, 0.15) is 10.4 Å². The minimum absolute atomic E-state index is 0.214. The summed E-state index contributed by atoms with van der Waals surface area (Å²) in [5, 5.41) is 3.05. The third kappa shape index (κ3) is 3.99. The zero-order chi connectivity index (χ0) is 15.9. The fourth-order valence-electron chi connectivity index (χ4n) is 1.79. The molecule has 2 aromatic carbocycles. The van der Waals surface area contributed by atoms with Gasteiger partial charge in [0.2, 0.25) is 0 Å². The lowest BCUT2D eigenvalue weighted by Gasteiger charge is -2.10. The van der Waals surface area contributed by atoms with E-state index in [1.54, 1.807) is 42.5 Å². The lowest BCUT2D eigenvalue weighted by molar-refractivity contribution is -0.118. The molecule has 1 N–H and O–H groups in total. The van der Waals surface area contributed by atoms with Gasteiger partial charge in [-0.15, -0.1) is 0 Å². The van der Waals surface area contributed by atoms with Gasteiger partial charge in [-0.2, -0.15) is 0 Å². The molecule has 0 unspecified atom stereocenters. The van der Waals surface area contributed by atoms with Crippen LogP contribution in [0.4, 0.5) is 5.69 Å². The molecular weight excluding hydrogens is 306 g/mol. The molecule has 114 valence electrons. The van der Waals surface area contributed by atoms with Crippen LogP contribution in [0.5, 0.6) is 11.5 Å². The van der Waals surface area contributed by atoms with Gasteiger partial charge in [-0.05, 0) is 30.3 Å². The number of para-hydroxylation sites is 1. The molecule has 0 aliphatic carbocycles. The molecular formula is C16H14ClNO4. The quantitative estimate of drug-likeness (QED) is 0.831. The lowest BCUT2D eigenvalue weighted by Crippen LogP contribution is -2.20. The second-order valence-corrected chi connectivity index (χ2v) is 4.75. The van der Waals surface area contributed by atoms with Crippen molar-refractivity contribution in [3.8, 4) is 11.5 Å². The molecule has 0 spiro atoms. The summed E-state index contributed by atoms with van der Waals surface area (Å²) in [6.07, 6.45) is 0.677. The second-order valence-electron chi connectivity index (χ2n) is 4.34. The molecule has 2 aromatic rings. The fraction of sp³-hybridized carbons (Fsp3) is 0.125. The van der Waals surface area contributed by atoms with E-state index in [2.05, 4.69) is 5.32 Å². The number of ether oxygens (including phenoxy) is 2. The summed E-state index contributed by atoms with van der Waals surface area (Å²) in [6, 6.07) is 11.6. The molecule has 2 rings (SSSR count). The van der Waals surface area contributed by atoms with Crippen molar-refractivity contribution in [2.45, 2.75) is 0 Å². The van der Waals surface area contributed by atoms with Gasteiger partial charge in [0.05, 0.1) is 17.7 Å². The highest BCUT2D eigenvalue weighted by Crippen LogP contribution is 2.27. The molecule has 1 amide bonds. The van der Waals surface area contributed by atoms with Gasteiger partial charge in [0.15, 0.2) is 12.9 Å². The van der Waals surface area contributed by atoms with Crippen molar-refractivity contribution in [2.75, 3.05) is 19.0 Å². The van der Waals surface area contributed by atoms with Gasteiger partial charge in [0, 0.05) is 5.69 Å². The highest BCUT2D eigenvalue weighted by atomic mass is 35.5. The summed E-state index contributed by atoms with van der Waals surface area (Å²) in [6.45, 7) is -0.214. The van der Waals surface area contributed by atoms with Crippen molar-refractivity contribution >= 4 is 29.5 Å². The lowest BCUT2D eigenvalue weighted by atomic mass is 10.2. The molecule has 0 radical (unpaired) electrons. The van der Waals surface area contributed by atoms with Crippen LogP contribution in [0.15, 0.2) is 42.5 Å². The van der Waals surface area contributed by atoms with E-state index in [0.717, 1.165) is 0 Å². The number of carbonyl (C=O) groups excluding carboxylic acids is 2. The van der Waals surface area contributed by atoms with Crippen LogP contribution < -0.4 is 14.8 Å². The zero-order valence-corrected chi connectivity index (χ0v) is 12.6. The first-order valence-electron chi connectivity index (χ1n) is 6.44. The molecule has 0 aliphatic heterocycles. The maximum Gasteiger partial charge on any atom is 0.262 e. The predicted molar refractivity (Wildman–Crippen MR) is 84.0 cm³/mol. The van der Waals surface area contributed by atoms with E-state index in [4.69, 9.17) is 21.1 Å². The van der Waals surface area contributed by atoms with Crippen LogP contribution >= 0.6 is 11.6 Å². The Morgan fingerprint density at radius 2 is 2.00 bits per heavy atom. The third-order valence-electron chi connectivity index (χ3n) is 2.84. The van der Waals surface area contributed by atoms with Crippen molar-refractivity contribution in [2.24, 2.45) is 0 Å². The fourth-order valence-corrected chi connectivity index (χ4v) is 2.05. The van der Waals surface area contributed by atoms with Crippen molar-refractivity contribution in [3.05, 3.63) is 53.1 Å². The van der Waals surface area contributed by atoms with Gasteiger partial charge >= 0.3 is 0 Å². The Kier molecular flexibility index (Phi) is 5.38. The van der Waals surface area contributed by atoms with E-state index in [0.29, 0.717) is 34.1 Å². The standard InChI is InChI=1S/C16H14ClNO4/c1-21-15-7-6-12(8-13(15)17)18-16(20)10-22-14-5-3-2-4-11(14)9-19/h2-9H,10H2,1H3,(H,18,20). The molecule has 5 nitrogen and oxygen atoms in total. The van der Waals surface area contributed by atoms with Gasteiger partial charge in [0.25, 0.3) is 5.91 Å². The van der Waals surface area contributed by atoms with Crippen LogP contribution in [0.2, 0.25) is 5.02 Å². The molecule has 6 heteroatoms. The number of halogens is 1. The smallest absolute Gasteiger partial charge is 0.262 e. The van der Waals surface area contributed by atoms with Crippen LogP contribution in [0, 0.1) is 0 Å². The van der Waals surface area contributed by atoms with E-state index in [9.17, 15) is 9.59 Å². The Balaban J connectivity index is 1.96. The largest absolute Gasteiger partial charge is 0.495 e. The zero-order valence-electron chi connectivity index (χ0n) is 11.8. The summed E-state index contributed by atoms with van der Waals surface area (Å²) in [5.74, 6) is 0.526. The van der Waals surface area contributed by atoms with Gasteiger partial charge in [-0.25, -0.2) is 0 Å². The maximum atomic E-state index is 11.9. The normalized spacial score (nSPS) is 9.91. The monoisotopic (exact) mass is 319 g/mol. The van der Waals surface area contributed by atoms with E-state index in [1.165, 1.54) is 7.11 Å². The molecule has 0 aromatic heterocycles. The number of anilines is 1. The molecule has 22 heavy (non-hydrogen) atoms. The molecule has 0 bridgehead atoms. The molecule has 0 aliphatic rings. The van der Waals surface area contributed by atoms with E-state index in [-0.39, 0.29) is 12.5 Å². The first-order valence-corrected chi connectivity index (χ1v) is 6.82. The minimum Gasteiger partial charge on any atom is -0.495 e. The Morgan fingerprint density at radius 1 is 1.23 bits per heavy atom. The third-order valence-corrected chi connectivity index (χ3v) is 3.14. The number of benzene rings is 2. The number of rotatable bonds is 6. The average molecular weight is 320 g/mol. The SMILES string of the molecule is COc1ccc(NC(=O)COc2ccccc2C=O)cc1Cl. The second kappa shape index (κ2) is 7.47. The van der Waals surface area contributed by atoms with Gasteiger partial charge in [0.1, 0.15) is 11.5 Å². The van der Waals surface area contributed by atoms with Crippen molar-refractivity contribution < 1.29 is 19.1 Å². The Morgan fingerprint density at radius 3 is 2.68 bits per heavy atom. The Bertz CT molecular complexity index is 688. The van der Waals surface area contributed by atoms with Crippen LogP contribution in [0.3, 0.4) is 0 Å². The maximum absolute atomic E-state index is 11.9. The number of hydrogen-bond donors (Lipinski definition) is 1. The summed E-state index contributed by atoms with van der Waals surface area (Å²) < 4.78 is 10.4. The number of hydrogen-bond acceptors (Lipinski definition) is 4. The number of amides is 1. The van der Waals surface area contributed by atoms with Crippen molar-refractivity contribution in [1.82, 2.24) is 0 Å². The van der Waals surface area contributed by atoms with Gasteiger partial charge in [-0.3, -0.25) is 9.59 Å². The molecule has 0 atom stereocenters. The molecule has 0 saturated carbocycles. The van der Waals surface area contributed by atoms with Crippen LogP contribution in [-0.2, 0) is 4.79 Å². The first-order chi connectivity index (χ1) is 10.6. The summed E-state index contributed by atoms with van der Waals surface area (Å²) in [7, 11) is 1.51. The number of nitrogens with one attached hydrogen (secondary N) is 1. The highest BCUT2D eigenvalue weighted by molar-refractivity contribution is 6.32. The van der Waals surface area contributed by atoms with Crippen molar-refractivity contribution in [3.63, 3.8) is 0 Å². The summed E-state index contributed by atoms with van der Waals surface area (Å²) in [5.41, 5.74) is 0.922. The number of carbonyl (C=O) groups is 2. The Labute approximate surface area is 132 Å². The summed E-state index contributed by atoms with van der Waals surface area (Å²) >= 11 is 5.98. The summed E-state index contributed by atoms with van der Waals surface area (Å²) in [4.78, 5) is 22.7. The number of aldehydes is 1. The van der Waals surface area contributed by atoms with Crippen LogP contribution in [0.25, 0.3) is 0 Å². The topological polar surface area (TPSA) is 64.6 Å². The molecule has 0 fully saturated rings. The average Bonchev–Trinajstić information content (AvgIpc) is 2.53. The van der Waals surface area contributed by atoms with Crippen LogP contribution in [-0.4, -0.2) is 25.9 Å². The van der Waals surface area contributed by atoms with Crippen molar-refractivity contribution in [1.29, 1.82) is 0 Å². The molecule has 0 saturated heterocycles. The van der Waals surface area contributed by atoms with E-state index < -0.39 is 0 Å². The van der Waals surface area contributed by atoms with Gasteiger partial charge < -0.3 is 14.8 Å². The van der Waals surface area contributed by atoms with E-state index >= 15 is 0 Å². The predicted octanol–water partition coefficient (Wildman–Crippen LogP) is 3.18. The first kappa shape index (κ1) is 15.9. The number of methoxy groups -OCH3 is 1. The van der Waals surface area contributed by atoms with E-state index in [1.807, 2.05) is 0 Å². The van der Waals surface area contributed by atoms with Gasteiger partial charge in [-0.1, -0.05) is 23.7 Å². The highest BCUT2D eigenvalue weighted by Gasteiger charge is 2.08. The molecule has 0 heterocycles. The minimum atomic E-state index is -0.359.